The molecular weight excluding hydrogens is 1400 g/mol. The Bertz CT molecular complexity index is 4120. The molecule has 550 valence electrons. The van der Waals surface area contributed by atoms with Crippen LogP contribution in [-0.2, 0) is 32.7 Å². The van der Waals surface area contributed by atoms with E-state index in [-0.39, 0.29) is 75.0 Å². The van der Waals surface area contributed by atoms with Gasteiger partial charge >= 0.3 is 18.5 Å². The summed E-state index contributed by atoms with van der Waals surface area (Å²) in [7, 11) is 4.33. The summed E-state index contributed by atoms with van der Waals surface area (Å²) in [6.45, 7) is 9.11. The second kappa shape index (κ2) is 36.5. The zero-order chi connectivity index (χ0) is 73.7. The second-order valence-electron chi connectivity index (χ2n) is 22.3. The Morgan fingerprint density at radius 2 is 0.683 bits per heavy atom. The highest BCUT2D eigenvalue weighted by atomic mass is 35.5. The van der Waals surface area contributed by atoms with E-state index in [2.05, 4.69) is 87.1 Å². The lowest BCUT2D eigenvalue weighted by Crippen LogP contribution is -2.36. The Kier molecular flexibility index (Phi) is 27.6. The maximum atomic E-state index is 13.7. The Hall–Kier alpha value is -11.3. The third-order valence-electron chi connectivity index (χ3n) is 15.5. The molecule has 10 N–H and O–H groups in total. The predicted octanol–water partition coefficient (Wildman–Crippen LogP) is 13.4. The van der Waals surface area contributed by atoms with E-state index in [9.17, 15) is 53.9 Å². The number of anilines is 14. The van der Waals surface area contributed by atoms with Crippen LogP contribution in [0, 0.1) is 0 Å². The quantitative estimate of drug-likeness (QED) is 0.0321. The van der Waals surface area contributed by atoms with E-state index in [1.54, 1.807) is 67.1 Å². The first-order valence-electron chi connectivity index (χ1n) is 31.7. The first kappa shape index (κ1) is 78.4. The van der Waals surface area contributed by atoms with Gasteiger partial charge in [-0.1, -0.05) is 55.4 Å². The van der Waals surface area contributed by atoms with Gasteiger partial charge in [-0.15, -0.1) is 0 Å². The summed E-state index contributed by atoms with van der Waals surface area (Å²) >= 11 is 5.67. The van der Waals surface area contributed by atoms with E-state index in [4.69, 9.17) is 31.5 Å². The molecule has 12 rings (SSSR count). The number of alkyl halides is 9. The van der Waals surface area contributed by atoms with Crippen LogP contribution < -0.4 is 63.0 Å². The Morgan fingerprint density at radius 3 is 0.981 bits per heavy atom. The molecule has 9 aromatic rings. The fourth-order valence-corrected chi connectivity index (χ4v) is 10.4. The number of nitrogens with one attached hydrogen (secondary N) is 8. The summed E-state index contributed by atoms with van der Waals surface area (Å²) in [6, 6.07) is 33.4. The van der Waals surface area contributed by atoms with Crippen molar-refractivity contribution < 1.29 is 68.1 Å². The molecule has 3 aliphatic heterocycles. The monoisotopic (exact) mass is 1470 g/mol. The van der Waals surface area contributed by atoms with Crippen LogP contribution in [0.4, 0.5) is 120 Å². The Labute approximate surface area is 597 Å². The number of halogens is 10. The number of benzene rings is 3. The molecule has 3 aliphatic rings. The number of aromatic nitrogens is 6. The lowest BCUT2D eigenvalue weighted by Gasteiger charge is -2.28. The molecule has 3 fully saturated rings. The summed E-state index contributed by atoms with van der Waals surface area (Å²) in [5, 5.41) is 21.2. The largest absolute Gasteiger partial charge is 0.419 e. The summed E-state index contributed by atoms with van der Waals surface area (Å²) in [5.74, 6) is 0.497. The molecule has 0 saturated carbocycles. The molecule has 3 saturated heterocycles. The molecule has 0 unspecified atom stereocenters. The molecule has 0 atom stereocenters. The number of rotatable bonds is 16. The minimum atomic E-state index is -4.64. The molecule has 34 heteroatoms. The standard InChI is InChI=1S/2C23H23F3N6O2.C14H11ClF3N3O.C9H13N3O.CH4/c2*1-27-22(33)16-4-2-3-5-18(16)30-19-12-21(29-14-17(19)23(24,25)26)31-20-7-6-15(13-28-20)32-8-10-34-11-9-32;1-19-13(22)8-4-2-3-5-10(8)21-11-6-12(15)20-7-9(11)14(16,17)18;10-9-2-1-8(7-11-9)12-3-5-13-6-4-12;/h2*2-7,12-14H,8-11H2,1H3,(H,27,33)(H2,28,29,30,31);2-7H,1H3,(H,19,22)(H,20,21);1-2,7H,3-6H2,(H2,10,11);1H4. The normalized spacial score (nSPS) is 13.6. The van der Waals surface area contributed by atoms with Crippen molar-refractivity contribution in [3.05, 3.63) is 203 Å². The Morgan fingerprint density at radius 1 is 0.385 bits per heavy atom. The second-order valence-corrected chi connectivity index (χ2v) is 22.7. The smallest absolute Gasteiger partial charge is 0.384 e. The molecule has 104 heavy (non-hydrogen) atoms. The topological polar surface area (TPSA) is 288 Å². The number of amides is 3. The lowest BCUT2D eigenvalue weighted by atomic mass is 10.1. The Balaban J connectivity index is 0.000000184. The summed E-state index contributed by atoms with van der Waals surface area (Å²) in [5.41, 5.74) is 6.18. The maximum absolute atomic E-state index is 13.7. The highest BCUT2D eigenvalue weighted by Gasteiger charge is 2.37. The molecule has 0 radical (unpaired) electrons. The van der Waals surface area contributed by atoms with Gasteiger partial charge in [0.25, 0.3) is 17.7 Å². The number of ether oxygens (including phenoxy) is 3. The third kappa shape index (κ3) is 21.9. The van der Waals surface area contributed by atoms with Crippen LogP contribution in [0.3, 0.4) is 0 Å². The highest BCUT2D eigenvalue weighted by Crippen LogP contribution is 2.41. The highest BCUT2D eigenvalue weighted by molar-refractivity contribution is 6.29. The molecule has 0 aliphatic carbocycles. The SMILES string of the molecule is C.CNC(=O)c1ccccc1Nc1cc(Cl)ncc1C(F)(F)F.CNC(=O)c1ccccc1Nc1cc(Nc2ccc(N3CCOCC3)cn2)ncc1C(F)(F)F.CNC(=O)c1ccccc1Nc1cc(Nc2ccc(N3CCOCC3)cn2)ncc1C(F)(F)F.Nc1ccc(N2CCOCC2)cn1. The number of carbonyl (C=O) groups excluding carboxylic acids is 3. The number of pyridine rings is 6. The van der Waals surface area contributed by atoms with Gasteiger partial charge in [-0.25, -0.2) is 29.9 Å². The van der Waals surface area contributed by atoms with Crippen molar-refractivity contribution in [1.29, 1.82) is 0 Å². The van der Waals surface area contributed by atoms with Crippen LogP contribution in [0.5, 0.6) is 0 Å². The number of nitrogens with two attached hydrogens (primary N) is 1. The van der Waals surface area contributed by atoms with Gasteiger partial charge in [0.15, 0.2) is 0 Å². The number of carbonyl (C=O) groups is 3. The van der Waals surface area contributed by atoms with Crippen molar-refractivity contribution in [1.82, 2.24) is 45.9 Å². The van der Waals surface area contributed by atoms with E-state index in [1.807, 2.05) is 24.3 Å². The van der Waals surface area contributed by atoms with Crippen molar-refractivity contribution in [3.63, 3.8) is 0 Å². The van der Waals surface area contributed by atoms with Gasteiger partial charge in [0.1, 0.15) is 34.2 Å². The first-order chi connectivity index (χ1) is 49.4. The van der Waals surface area contributed by atoms with E-state index in [1.165, 1.54) is 69.7 Å². The molecule has 6 aromatic heterocycles. The summed E-state index contributed by atoms with van der Waals surface area (Å²) in [4.78, 5) is 66.6. The van der Waals surface area contributed by atoms with Gasteiger partial charge in [-0.3, -0.25) is 14.4 Å². The van der Waals surface area contributed by atoms with Gasteiger partial charge in [0, 0.05) is 91.1 Å². The van der Waals surface area contributed by atoms with Crippen molar-refractivity contribution in [3.8, 4) is 0 Å². The fraction of sp³-hybridized carbons (Fsp3) is 0.271. The fourth-order valence-electron chi connectivity index (χ4n) is 10.3. The third-order valence-corrected chi connectivity index (χ3v) is 15.7. The number of hydrogen-bond acceptors (Lipinski definition) is 21. The van der Waals surface area contributed by atoms with Crippen LogP contribution in [-0.4, -0.2) is 148 Å². The van der Waals surface area contributed by atoms with Gasteiger partial charge < -0.3 is 77.2 Å². The molecule has 24 nitrogen and oxygen atoms in total. The number of para-hydroxylation sites is 3. The van der Waals surface area contributed by atoms with Crippen molar-refractivity contribution in [2.75, 3.05) is 147 Å². The molecule has 0 bridgehead atoms. The zero-order valence-corrected chi connectivity index (χ0v) is 56.2. The number of hydrogen-bond donors (Lipinski definition) is 9. The molecular formula is C70H74ClF9N18O6. The maximum Gasteiger partial charge on any atom is 0.419 e. The van der Waals surface area contributed by atoms with Crippen LogP contribution in [0.1, 0.15) is 55.2 Å². The zero-order valence-electron chi connectivity index (χ0n) is 55.4. The minimum Gasteiger partial charge on any atom is -0.384 e. The van der Waals surface area contributed by atoms with E-state index in [0.717, 1.165) is 88.0 Å². The number of morpholine rings is 3. The van der Waals surface area contributed by atoms with Gasteiger partial charge in [0.05, 0.1) is 143 Å². The molecule has 3 aromatic carbocycles. The van der Waals surface area contributed by atoms with Gasteiger partial charge in [0.2, 0.25) is 0 Å². The van der Waals surface area contributed by atoms with Crippen molar-refractivity contribution in [2.24, 2.45) is 0 Å². The van der Waals surface area contributed by atoms with Crippen LogP contribution >= 0.6 is 11.6 Å². The molecule has 3 amide bonds. The molecule has 9 heterocycles. The van der Waals surface area contributed by atoms with Crippen LogP contribution in [0.15, 0.2) is 165 Å². The van der Waals surface area contributed by atoms with E-state index in [0.29, 0.717) is 50.1 Å². The van der Waals surface area contributed by atoms with Crippen LogP contribution in [0.25, 0.3) is 0 Å². The average molecular weight is 1470 g/mol. The summed E-state index contributed by atoms with van der Waals surface area (Å²) < 4.78 is 137. The molecule has 0 spiro atoms. The first-order valence-corrected chi connectivity index (χ1v) is 32.0. The van der Waals surface area contributed by atoms with E-state index >= 15 is 0 Å². The minimum absolute atomic E-state index is 0. The van der Waals surface area contributed by atoms with E-state index < -0.39 is 52.9 Å². The summed E-state index contributed by atoms with van der Waals surface area (Å²) in [6.07, 6.45) is -6.56. The number of nitrogens with zero attached hydrogens (tertiary/aromatic N) is 9. The number of nitrogen functional groups attached to an aromatic ring is 1. The van der Waals surface area contributed by atoms with Crippen molar-refractivity contribution >= 4 is 110 Å². The van der Waals surface area contributed by atoms with Crippen LogP contribution in [0.2, 0.25) is 5.15 Å². The van der Waals surface area contributed by atoms with Gasteiger partial charge in [-0.05, 0) is 78.9 Å². The predicted molar refractivity (Wildman–Crippen MR) is 382 cm³/mol. The van der Waals surface area contributed by atoms with Gasteiger partial charge in [-0.2, -0.15) is 39.5 Å². The van der Waals surface area contributed by atoms with Crippen molar-refractivity contribution in [2.45, 2.75) is 26.0 Å². The lowest BCUT2D eigenvalue weighted by molar-refractivity contribution is -0.138. The average Bonchev–Trinajstić information content (AvgIpc) is 0.809.